The van der Waals surface area contributed by atoms with E-state index in [-0.39, 0.29) is 5.82 Å². The molecular weight excluding hydrogens is 417 g/mol. The molecule has 0 radical (unpaired) electrons. The lowest BCUT2D eigenvalue weighted by Crippen LogP contribution is -2.05. The average Bonchev–Trinajstić information content (AvgIpc) is 3.22. The molecule has 2 heterocycles. The lowest BCUT2D eigenvalue weighted by atomic mass is 10.1. The van der Waals surface area contributed by atoms with Crippen LogP contribution in [0.25, 0.3) is 27.8 Å². The van der Waals surface area contributed by atoms with Gasteiger partial charge in [0.2, 0.25) is 0 Å². The average molecular weight is 434 g/mol. The molecule has 0 bridgehead atoms. The topological polar surface area (TPSA) is 64.3 Å². The van der Waals surface area contributed by atoms with E-state index in [1.807, 2.05) is 36.4 Å². The second-order valence-electron chi connectivity index (χ2n) is 7.01. The van der Waals surface area contributed by atoms with Crippen LogP contribution in [-0.4, -0.2) is 26.9 Å². The fourth-order valence-corrected chi connectivity index (χ4v) is 3.64. The van der Waals surface area contributed by atoms with E-state index >= 15 is 0 Å². The van der Waals surface area contributed by atoms with Gasteiger partial charge in [0.25, 0.3) is 0 Å². The highest BCUT2D eigenvalue weighted by Crippen LogP contribution is 2.30. The lowest BCUT2D eigenvalue weighted by Gasteiger charge is -2.11. The van der Waals surface area contributed by atoms with Crippen LogP contribution in [0, 0.1) is 5.82 Å². The van der Waals surface area contributed by atoms with Gasteiger partial charge in [0.05, 0.1) is 12.6 Å². The van der Waals surface area contributed by atoms with Crippen molar-refractivity contribution in [3.05, 3.63) is 83.1 Å². The molecule has 5 rings (SSSR count). The molecule has 31 heavy (non-hydrogen) atoms. The first-order valence-corrected chi connectivity index (χ1v) is 9.97. The third-order valence-corrected chi connectivity index (χ3v) is 5.26. The van der Waals surface area contributed by atoms with Crippen LogP contribution in [0.1, 0.15) is 5.56 Å². The van der Waals surface area contributed by atoms with E-state index in [0.29, 0.717) is 34.3 Å². The zero-order valence-electron chi connectivity index (χ0n) is 16.5. The largest absolute Gasteiger partial charge is 0.497 e. The molecule has 0 aliphatic rings. The Morgan fingerprint density at radius 2 is 1.90 bits per heavy atom. The Balaban J connectivity index is 1.62. The van der Waals surface area contributed by atoms with Crippen LogP contribution in [0.5, 0.6) is 5.75 Å². The summed E-state index contributed by atoms with van der Waals surface area (Å²) in [5.74, 6) is 1.11. The van der Waals surface area contributed by atoms with Gasteiger partial charge in [0.15, 0.2) is 5.65 Å². The fraction of sp³-hybridized carbons (Fsp3) is 0.0870. The van der Waals surface area contributed by atoms with Crippen LogP contribution < -0.4 is 10.1 Å². The molecule has 0 saturated carbocycles. The highest BCUT2D eigenvalue weighted by atomic mass is 35.5. The molecular formula is C23H17ClFN5O. The maximum atomic E-state index is 13.8. The van der Waals surface area contributed by atoms with Gasteiger partial charge in [-0.1, -0.05) is 41.1 Å². The second kappa shape index (κ2) is 7.85. The van der Waals surface area contributed by atoms with E-state index in [1.54, 1.807) is 29.8 Å². The van der Waals surface area contributed by atoms with Crippen LogP contribution in [0.2, 0.25) is 5.02 Å². The summed E-state index contributed by atoms with van der Waals surface area (Å²) in [6.45, 7) is 0.557. The molecule has 0 amide bonds. The van der Waals surface area contributed by atoms with Crippen LogP contribution in [0.3, 0.4) is 0 Å². The lowest BCUT2D eigenvalue weighted by molar-refractivity contribution is 0.414. The molecule has 0 fully saturated rings. The van der Waals surface area contributed by atoms with Crippen molar-refractivity contribution in [3.8, 4) is 17.0 Å². The summed E-state index contributed by atoms with van der Waals surface area (Å²) in [6, 6.07) is 19.5. The molecule has 0 unspecified atom stereocenters. The minimum atomic E-state index is -0.347. The monoisotopic (exact) mass is 433 g/mol. The van der Waals surface area contributed by atoms with Crippen molar-refractivity contribution in [2.45, 2.75) is 6.54 Å². The number of hydrogen-bond acceptors (Lipinski definition) is 5. The second-order valence-corrected chi connectivity index (χ2v) is 7.44. The highest BCUT2D eigenvalue weighted by Gasteiger charge is 2.16. The van der Waals surface area contributed by atoms with Gasteiger partial charge in [-0.3, -0.25) is 0 Å². The highest BCUT2D eigenvalue weighted by molar-refractivity contribution is 6.31. The fourth-order valence-electron chi connectivity index (χ4n) is 3.47. The Morgan fingerprint density at radius 1 is 1.06 bits per heavy atom. The minimum Gasteiger partial charge on any atom is -0.497 e. The molecule has 154 valence electrons. The van der Waals surface area contributed by atoms with Gasteiger partial charge in [0, 0.05) is 22.5 Å². The minimum absolute atomic E-state index is 0.347. The van der Waals surface area contributed by atoms with E-state index < -0.39 is 0 Å². The Morgan fingerprint density at radius 3 is 2.68 bits per heavy atom. The van der Waals surface area contributed by atoms with E-state index in [1.165, 1.54) is 12.1 Å². The molecule has 2 aromatic heterocycles. The Bertz CT molecular complexity index is 1400. The summed E-state index contributed by atoms with van der Waals surface area (Å²) in [4.78, 5) is 4.78. The smallest absolute Gasteiger partial charge is 0.186 e. The van der Waals surface area contributed by atoms with Gasteiger partial charge < -0.3 is 10.1 Å². The molecule has 3 aromatic carbocycles. The quantitative estimate of drug-likeness (QED) is 0.404. The predicted octanol–water partition coefficient (Wildman–Crippen LogP) is 5.36. The van der Waals surface area contributed by atoms with Crippen molar-refractivity contribution in [2.75, 3.05) is 12.4 Å². The summed E-state index contributed by atoms with van der Waals surface area (Å²) in [5.41, 5.74) is 3.43. The Labute approximate surface area is 182 Å². The van der Waals surface area contributed by atoms with Crippen molar-refractivity contribution < 1.29 is 9.13 Å². The molecule has 1 N–H and O–H groups in total. The van der Waals surface area contributed by atoms with Crippen molar-refractivity contribution in [1.29, 1.82) is 0 Å². The number of hydrogen-bond donors (Lipinski definition) is 1. The van der Waals surface area contributed by atoms with Crippen LogP contribution in [-0.2, 0) is 6.54 Å². The van der Waals surface area contributed by atoms with Crippen LogP contribution >= 0.6 is 11.6 Å². The standard InChI is InChI=1S/C23H17ClFN5O/c1-31-18-8-5-14(6-9-18)13-26-22-19-10-7-16(24)12-20(19)30-23(27-22)21(28-29-30)15-3-2-4-17(25)11-15/h2-12H,13H2,1H3,(H,26,27). The molecule has 8 heteroatoms. The number of halogens is 2. The van der Waals surface area contributed by atoms with Gasteiger partial charge in [-0.2, -0.15) is 4.52 Å². The third kappa shape index (κ3) is 3.64. The van der Waals surface area contributed by atoms with Gasteiger partial charge in [0.1, 0.15) is 23.1 Å². The van der Waals surface area contributed by atoms with Crippen molar-refractivity contribution in [3.63, 3.8) is 0 Å². The number of benzene rings is 3. The van der Waals surface area contributed by atoms with Crippen molar-refractivity contribution in [2.24, 2.45) is 0 Å². The molecule has 0 saturated heterocycles. The van der Waals surface area contributed by atoms with Crippen LogP contribution in [0.15, 0.2) is 66.7 Å². The number of ether oxygens (including phenoxy) is 1. The normalized spacial score (nSPS) is 11.2. The molecule has 6 nitrogen and oxygen atoms in total. The number of fused-ring (bicyclic) bond motifs is 3. The number of aromatic nitrogens is 4. The summed E-state index contributed by atoms with van der Waals surface area (Å²) in [6.07, 6.45) is 0. The molecule has 0 spiro atoms. The first-order chi connectivity index (χ1) is 15.1. The SMILES string of the molecule is COc1ccc(CNc2nc3c(-c4cccc(F)c4)nnn3c3cc(Cl)ccc23)cc1. The van der Waals surface area contributed by atoms with E-state index in [2.05, 4.69) is 15.6 Å². The van der Waals surface area contributed by atoms with E-state index in [0.717, 1.165) is 22.2 Å². The molecule has 0 aliphatic heterocycles. The number of methoxy groups -OCH3 is 1. The predicted molar refractivity (Wildman–Crippen MR) is 119 cm³/mol. The van der Waals surface area contributed by atoms with Gasteiger partial charge in [-0.05, 0) is 48.0 Å². The zero-order valence-corrected chi connectivity index (χ0v) is 17.3. The van der Waals surface area contributed by atoms with Crippen molar-refractivity contribution in [1.82, 2.24) is 19.8 Å². The van der Waals surface area contributed by atoms with Crippen molar-refractivity contribution >= 4 is 34.0 Å². The first-order valence-electron chi connectivity index (χ1n) is 9.60. The number of nitrogens with one attached hydrogen (secondary N) is 1. The molecule has 0 aliphatic carbocycles. The number of nitrogens with zero attached hydrogens (tertiary/aromatic N) is 4. The Hall–Kier alpha value is -3.71. The molecule has 0 atom stereocenters. The van der Waals surface area contributed by atoms with E-state index in [4.69, 9.17) is 21.3 Å². The van der Waals surface area contributed by atoms with Crippen LogP contribution in [0.4, 0.5) is 10.2 Å². The third-order valence-electron chi connectivity index (χ3n) is 5.02. The molecule has 5 aromatic rings. The van der Waals surface area contributed by atoms with Gasteiger partial charge >= 0.3 is 0 Å². The Kier molecular flexibility index (Phi) is 4.88. The van der Waals surface area contributed by atoms with Gasteiger partial charge in [-0.15, -0.1) is 5.10 Å². The van der Waals surface area contributed by atoms with Gasteiger partial charge in [-0.25, -0.2) is 9.37 Å². The summed E-state index contributed by atoms with van der Waals surface area (Å²) in [5, 5.41) is 13.3. The number of anilines is 1. The number of rotatable bonds is 5. The summed E-state index contributed by atoms with van der Waals surface area (Å²) in [7, 11) is 1.64. The first kappa shape index (κ1) is 19.3. The summed E-state index contributed by atoms with van der Waals surface area (Å²) >= 11 is 6.25. The maximum Gasteiger partial charge on any atom is 0.186 e. The summed E-state index contributed by atoms with van der Waals surface area (Å²) < 4.78 is 20.6. The zero-order chi connectivity index (χ0) is 21.4. The van der Waals surface area contributed by atoms with E-state index in [9.17, 15) is 4.39 Å². The maximum absolute atomic E-state index is 13.8.